The molecular formula is C18H28O2. The molecular weight excluding hydrogens is 248 g/mol. The van der Waals surface area contributed by atoms with E-state index in [-0.39, 0.29) is 11.5 Å². The zero-order valence-electron chi connectivity index (χ0n) is 13.0. The van der Waals surface area contributed by atoms with Gasteiger partial charge in [-0.05, 0) is 30.5 Å². The Morgan fingerprint density at radius 1 is 1.00 bits per heavy atom. The summed E-state index contributed by atoms with van der Waals surface area (Å²) in [5.74, 6) is 0.205. The van der Waals surface area contributed by atoms with Crippen molar-refractivity contribution in [3.8, 4) is 5.75 Å². The summed E-state index contributed by atoms with van der Waals surface area (Å²) in [6, 6.07) is 5.40. The Bertz CT molecular complexity index is 410. The van der Waals surface area contributed by atoms with Crippen LogP contribution in [-0.4, -0.2) is 10.9 Å². The summed E-state index contributed by atoms with van der Waals surface area (Å²) in [5, 5.41) is 9.87. The van der Waals surface area contributed by atoms with E-state index in [1.807, 2.05) is 13.0 Å². The minimum Gasteiger partial charge on any atom is -0.507 e. The molecule has 1 N–H and O–H groups in total. The molecule has 1 aromatic rings. The number of rotatable bonds is 10. The molecule has 0 bridgehead atoms. The van der Waals surface area contributed by atoms with E-state index in [1.54, 1.807) is 12.1 Å². The Kier molecular flexibility index (Phi) is 8.01. The zero-order chi connectivity index (χ0) is 14.8. The van der Waals surface area contributed by atoms with Crippen LogP contribution in [0, 0.1) is 0 Å². The minimum absolute atomic E-state index is 0.0683. The van der Waals surface area contributed by atoms with Crippen molar-refractivity contribution < 1.29 is 9.90 Å². The van der Waals surface area contributed by atoms with Crippen molar-refractivity contribution in [1.82, 2.24) is 0 Å². The maximum atomic E-state index is 12.0. The molecule has 0 heterocycles. The fourth-order valence-corrected chi connectivity index (χ4v) is 2.41. The molecule has 0 atom stereocenters. The van der Waals surface area contributed by atoms with Crippen molar-refractivity contribution in [2.75, 3.05) is 0 Å². The van der Waals surface area contributed by atoms with Gasteiger partial charge in [-0.1, -0.05) is 58.4 Å². The Morgan fingerprint density at radius 3 is 2.25 bits per heavy atom. The van der Waals surface area contributed by atoms with Gasteiger partial charge in [0.2, 0.25) is 0 Å². The second kappa shape index (κ2) is 9.57. The van der Waals surface area contributed by atoms with E-state index in [1.165, 1.54) is 32.1 Å². The second-order valence-corrected chi connectivity index (χ2v) is 5.50. The fraction of sp³-hybridized carbons (Fsp3) is 0.611. The summed E-state index contributed by atoms with van der Waals surface area (Å²) in [4.78, 5) is 12.0. The van der Waals surface area contributed by atoms with E-state index in [4.69, 9.17) is 0 Å². The molecule has 0 unspecified atom stereocenters. The van der Waals surface area contributed by atoms with Gasteiger partial charge in [-0.2, -0.15) is 0 Å². The van der Waals surface area contributed by atoms with Crippen LogP contribution in [-0.2, 0) is 6.42 Å². The lowest BCUT2D eigenvalue weighted by Crippen LogP contribution is -2.00. The summed E-state index contributed by atoms with van der Waals surface area (Å²) in [7, 11) is 0. The summed E-state index contributed by atoms with van der Waals surface area (Å²) in [6.07, 6.45) is 9.86. The molecule has 1 rings (SSSR count). The quantitative estimate of drug-likeness (QED) is 0.466. The molecule has 0 spiro atoms. The van der Waals surface area contributed by atoms with Gasteiger partial charge >= 0.3 is 0 Å². The van der Waals surface area contributed by atoms with Gasteiger partial charge in [-0.25, -0.2) is 0 Å². The molecule has 2 heteroatoms. The number of aryl methyl sites for hydroxylation is 1. The number of carbonyl (C=O) groups is 1. The lowest BCUT2D eigenvalue weighted by atomic mass is 10.0. The van der Waals surface area contributed by atoms with Gasteiger partial charge in [-0.15, -0.1) is 0 Å². The third kappa shape index (κ3) is 5.77. The zero-order valence-corrected chi connectivity index (χ0v) is 13.0. The fourth-order valence-electron chi connectivity index (χ4n) is 2.41. The summed E-state index contributed by atoms with van der Waals surface area (Å²) < 4.78 is 0. The SMILES string of the molecule is CCCCCCCCCC(=O)c1ccc(CC)cc1O. The Hall–Kier alpha value is -1.31. The molecule has 0 saturated heterocycles. The van der Waals surface area contributed by atoms with Crippen LogP contribution < -0.4 is 0 Å². The first-order valence-corrected chi connectivity index (χ1v) is 8.04. The number of phenolic OH excluding ortho intramolecular Hbond substituents is 1. The number of benzene rings is 1. The second-order valence-electron chi connectivity index (χ2n) is 5.50. The van der Waals surface area contributed by atoms with Gasteiger partial charge in [0.05, 0.1) is 5.56 Å². The molecule has 0 amide bonds. The lowest BCUT2D eigenvalue weighted by molar-refractivity contribution is 0.0976. The summed E-state index contributed by atoms with van der Waals surface area (Å²) in [6.45, 7) is 4.25. The first kappa shape index (κ1) is 16.7. The number of hydrogen-bond acceptors (Lipinski definition) is 2. The normalized spacial score (nSPS) is 10.7. The van der Waals surface area contributed by atoms with Crippen LogP contribution in [0.25, 0.3) is 0 Å². The monoisotopic (exact) mass is 276 g/mol. The molecule has 0 aromatic heterocycles. The number of Topliss-reactive ketones (excluding diaryl/α,β-unsaturated/α-hetero) is 1. The lowest BCUT2D eigenvalue weighted by Gasteiger charge is -2.06. The van der Waals surface area contributed by atoms with E-state index in [0.29, 0.717) is 12.0 Å². The van der Waals surface area contributed by atoms with Gasteiger partial charge in [0, 0.05) is 6.42 Å². The van der Waals surface area contributed by atoms with Crippen LogP contribution in [0.2, 0.25) is 0 Å². The van der Waals surface area contributed by atoms with E-state index < -0.39 is 0 Å². The number of ketones is 1. The standard InChI is InChI=1S/C18H28O2/c1-3-5-6-7-8-9-10-11-17(19)16-13-12-15(4-2)14-18(16)20/h12-14,20H,3-11H2,1-2H3. The largest absolute Gasteiger partial charge is 0.507 e. The average molecular weight is 276 g/mol. The third-order valence-corrected chi connectivity index (χ3v) is 3.78. The molecule has 0 aliphatic heterocycles. The van der Waals surface area contributed by atoms with Crippen molar-refractivity contribution in [3.05, 3.63) is 29.3 Å². The highest BCUT2D eigenvalue weighted by Gasteiger charge is 2.10. The minimum atomic E-state index is 0.0683. The van der Waals surface area contributed by atoms with Gasteiger partial charge in [0.1, 0.15) is 5.75 Å². The van der Waals surface area contributed by atoms with Crippen LogP contribution in [0.5, 0.6) is 5.75 Å². The smallest absolute Gasteiger partial charge is 0.166 e. The van der Waals surface area contributed by atoms with Crippen LogP contribution in [0.1, 0.15) is 81.1 Å². The Balaban J connectivity index is 2.29. The van der Waals surface area contributed by atoms with Gasteiger partial charge in [0.25, 0.3) is 0 Å². The predicted octanol–water partition coefficient (Wildman–Crippen LogP) is 5.28. The Labute approximate surface area is 123 Å². The number of unbranched alkanes of at least 4 members (excludes halogenated alkanes) is 6. The van der Waals surface area contributed by atoms with E-state index in [0.717, 1.165) is 24.8 Å². The van der Waals surface area contributed by atoms with Gasteiger partial charge in [0.15, 0.2) is 5.78 Å². The van der Waals surface area contributed by atoms with E-state index in [9.17, 15) is 9.90 Å². The molecule has 0 aliphatic carbocycles. The predicted molar refractivity (Wildman–Crippen MR) is 84.4 cm³/mol. The number of carbonyl (C=O) groups excluding carboxylic acids is 1. The summed E-state index contributed by atoms with van der Waals surface area (Å²) in [5.41, 5.74) is 1.54. The van der Waals surface area contributed by atoms with Crippen molar-refractivity contribution in [3.63, 3.8) is 0 Å². The first-order valence-electron chi connectivity index (χ1n) is 8.04. The van der Waals surface area contributed by atoms with E-state index in [2.05, 4.69) is 6.92 Å². The van der Waals surface area contributed by atoms with Crippen molar-refractivity contribution in [2.45, 2.75) is 71.6 Å². The average Bonchev–Trinajstić information content (AvgIpc) is 2.45. The highest BCUT2D eigenvalue weighted by molar-refractivity contribution is 5.98. The summed E-state index contributed by atoms with van der Waals surface area (Å²) >= 11 is 0. The van der Waals surface area contributed by atoms with Crippen molar-refractivity contribution >= 4 is 5.78 Å². The van der Waals surface area contributed by atoms with Crippen molar-refractivity contribution in [1.29, 1.82) is 0 Å². The number of phenols is 1. The molecule has 0 saturated carbocycles. The van der Waals surface area contributed by atoms with Crippen LogP contribution >= 0.6 is 0 Å². The van der Waals surface area contributed by atoms with Crippen molar-refractivity contribution in [2.24, 2.45) is 0 Å². The molecule has 2 nitrogen and oxygen atoms in total. The van der Waals surface area contributed by atoms with Gasteiger partial charge in [-0.3, -0.25) is 4.79 Å². The van der Waals surface area contributed by atoms with Crippen LogP contribution in [0.15, 0.2) is 18.2 Å². The third-order valence-electron chi connectivity index (χ3n) is 3.78. The van der Waals surface area contributed by atoms with Crippen LogP contribution in [0.4, 0.5) is 0 Å². The maximum absolute atomic E-state index is 12.0. The molecule has 112 valence electrons. The topological polar surface area (TPSA) is 37.3 Å². The molecule has 20 heavy (non-hydrogen) atoms. The molecule has 0 aliphatic rings. The highest BCUT2D eigenvalue weighted by atomic mass is 16.3. The number of aromatic hydroxyl groups is 1. The Morgan fingerprint density at radius 2 is 1.65 bits per heavy atom. The maximum Gasteiger partial charge on any atom is 0.166 e. The highest BCUT2D eigenvalue weighted by Crippen LogP contribution is 2.22. The number of hydrogen-bond donors (Lipinski definition) is 1. The molecule has 1 aromatic carbocycles. The van der Waals surface area contributed by atoms with E-state index >= 15 is 0 Å². The molecule has 0 radical (unpaired) electrons. The first-order chi connectivity index (χ1) is 9.69. The molecule has 0 fully saturated rings. The van der Waals surface area contributed by atoms with Crippen LogP contribution in [0.3, 0.4) is 0 Å². The van der Waals surface area contributed by atoms with Gasteiger partial charge < -0.3 is 5.11 Å².